The van der Waals surface area contributed by atoms with E-state index in [2.05, 4.69) is 0 Å². The maximum Gasteiger partial charge on any atom is 0.185 e. The average Bonchev–Trinajstić information content (AvgIpc) is 2.79. The van der Waals surface area contributed by atoms with Crippen LogP contribution in [-0.4, -0.2) is 39.3 Å². The average molecular weight is 410 g/mol. The Morgan fingerprint density at radius 3 is 1.60 bits per heavy atom. The lowest BCUT2D eigenvalue weighted by Gasteiger charge is -2.07. The van der Waals surface area contributed by atoms with Crippen LogP contribution in [0.2, 0.25) is 0 Å². The van der Waals surface area contributed by atoms with Crippen LogP contribution in [0, 0.1) is 0 Å². The van der Waals surface area contributed by atoms with E-state index in [1.54, 1.807) is 77.8 Å². The van der Waals surface area contributed by atoms with Gasteiger partial charge in [-0.1, -0.05) is 24.3 Å². The number of carbonyl (C=O) groups excluding carboxylic acids is 1. The van der Waals surface area contributed by atoms with Crippen LogP contribution in [0.15, 0.2) is 59.9 Å². The summed E-state index contributed by atoms with van der Waals surface area (Å²) < 4.78 is 20.9. The zero-order valence-electron chi connectivity index (χ0n) is 17.8. The lowest BCUT2D eigenvalue weighted by molar-refractivity contribution is -0.111. The maximum atomic E-state index is 12.4. The van der Waals surface area contributed by atoms with Crippen molar-refractivity contribution in [1.82, 2.24) is 0 Å². The van der Waals surface area contributed by atoms with Crippen molar-refractivity contribution in [1.29, 1.82) is 0 Å². The Hall–Kier alpha value is -3.67. The van der Waals surface area contributed by atoms with Crippen molar-refractivity contribution in [3.05, 3.63) is 71.0 Å². The number of aliphatic hydroxyl groups is 1. The highest BCUT2D eigenvalue weighted by atomic mass is 16.5. The van der Waals surface area contributed by atoms with Gasteiger partial charge in [0.2, 0.25) is 0 Å². The standard InChI is InChI=1S/C24H26O6/c1-16(19(25)10-6-17-8-12-21(27-2)23(14-17)29-4)20(26)11-7-18-9-13-22(28-3)24(15-18)30-5/h6-15,25H,1-5H3/b10-6+,11-7+,19-16?. The fourth-order valence-corrected chi connectivity index (χ4v) is 2.64. The Labute approximate surface area is 176 Å². The summed E-state index contributed by atoms with van der Waals surface area (Å²) in [6, 6.07) is 10.7. The number of rotatable bonds is 9. The summed E-state index contributed by atoms with van der Waals surface area (Å²) >= 11 is 0. The monoisotopic (exact) mass is 410 g/mol. The number of carbonyl (C=O) groups is 1. The Morgan fingerprint density at radius 1 is 0.733 bits per heavy atom. The molecular weight excluding hydrogens is 384 g/mol. The van der Waals surface area contributed by atoms with E-state index in [1.807, 2.05) is 6.07 Å². The van der Waals surface area contributed by atoms with E-state index in [1.165, 1.54) is 12.2 Å². The Kier molecular flexibility index (Phi) is 8.11. The predicted octanol–water partition coefficient (Wildman–Crippen LogP) is 4.85. The molecule has 30 heavy (non-hydrogen) atoms. The molecule has 0 aromatic heterocycles. The van der Waals surface area contributed by atoms with Crippen molar-refractivity contribution in [2.45, 2.75) is 6.92 Å². The lowest BCUT2D eigenvalue weighted by atomic mass is 10.1. The molecule has 0 aliphatic carbocycles. The molecule has 6 heteroatoms. The predicted molar refractivity (Wildman–Crippen MR) is 117 cm³/mol. The van der Waals surface area contributed by atoms with Gasteiger partial charge < -0.3 is 24.1 Å². The van der Waals surface area contributed by atoms with Crippen molar-refractivity contribution >= 4 is 17.9 Å². The normalized spacial score (nSPS) is 12.0. The first-order valence-electron chi connectivity index (χ1n) is 9.17. The van der Waals surface area contributed by atoms with Gasteiger partial charge in [-0.05, 0) is 54.5 Å². The number of benzene rings is 2. The van der Waals surface area contributed by atoms with E-state index in [9.17, 15) is 9.90 Å². The highest BCUT2D eigenvalue weighted by molar-refractivity contribution is 6.06. The lowest BCUT2D eigenvalue weighted by Crippen LogP contribution is -1.98. The van der Waals surface area contributed by atoms with E-state index in [0.29, 0.717) is 23.0 Å². The van der Waals surface area contributed by atoms with Crippen LogP contribution in [-0.2, 0) is 4.79 Å². The number of ether oxygens (including phenoxy) is 4. The molecule has 158 valence electrons. The number of allylic oxidation sites excluding steroid dienone is 3. The molecule has 0 amide bonds. The second-order valence-corrected chi connectivity index (χ2v) is 6.27. The maximum absolute atomic E-state index is 12.4. The van der Waals surface area contributed by atoms with E-state index in [0.717, 1.165) is 11.1 Å². The molecule has 0 aliphatic heterocycles. The van der Waals surface area contributed by atoms with Gasteiger partial charge >= 0.3 is 0 Å². The number of methoxy groups -OCH3 is 4. The molecule has 0 saturated carbocycles. The summed E-state index contributed by atoms with van der Waals surface area (Å²) in [4.78, 5) is 12.4. The molecule has 6 nitrogen and oxygen atoms in total. The van der Waals surface area contributed by atoms with Crippen molar-refractivity contribution in [3.8, 4) is 23.0 Å². The molecule has 0 spiro atoms. The van der Waals surface area contributed by atoms with Gasteiger partial charge in [0.25, 0.3) is 0 Å². The fourth-order valence-electron chi connectivity index (χ4n) is 2.64. The summed E-state index contributed by atoms with van der Waals surface area (Å²) in [7, 11) is 6.22. The number of hydrogen-bond donors (Lipinski definition) is 1. The highest BCUT2D eigenvalue weighted by Crippen LogP contribution is 2.29. The molecule has 1 N–H and O–H groups in total. The second-order valence-electron chi connectivity index (χ2n) is 6.27. The number of ketones is 1. The van der Waals surface area contributed by atoms with Gasteiger partial charge in [-0.15, -0.1) is 0 Å². The quantitative estimate of drug-likeness (QED) is 0.362. The first-order chi connectivity index (χ1) is 14.4. The third-order valence-corrected chi connectivity index (χ3v) is 4.43. The van der Waals surface area contributed by atoms with Crippen molar-refractivity contribution < 1.29 is 28.8 Å². The topological polar surface area (TPSA) is 74.2 Å². The Morgan fingerprint density at radius 2 is 1.17 bits per heavy atom. The first-order valence-corrected chi connectivity index (χ1v) is 9.17. The fraction of sp³-hybridized carbons (Fsp3) is 0.208. The summed E-state index contributed by atoms with van der Waals surface area (Å²) in [5.74, 6) is 1.94. The van der Waals surface area contributed by atoms with Gasteiger partial charge in [0.05, 0.1) is 28.4 Å². The molecule has 0 bridgehead atoms. The third kappa shape index (κ3) is 5.67. The van der Waals surface area contributed by atoms with Crippen LogP contribution in [0.4, 0.5) is 0 Å². The second kappa shape index (κ2) is 10.8. The van der Waals surface area contributed by atoms with Crippen molar-refractivity contribution in [2.24, 2.45) is 0 Å². The van der Waals surface area contributed by atoms with E-state index >= 15 is 0 Å². The third-order valence-electron chi connectivity index (χ3n) is 4.43. The molecule has 0 atom stereocenters. The zero-order valence-corrected chi connectivity index (χ0v) is 17.8. The minimum Gasteiger partial charge on any atom is -0.508 e. The van der Waals surface area contributed by atoms with Crippen LogP contribution in [0.3, 0.4) is 0 Å². The van der Waals surface area contributed by atoms with Crippen molar-refractivity contribution in [3.63, 3.8) is 0 Å². The van der Waals surface area contributed by atoms with Crippen LogP contribution in [0.1, 0.15) is 18.1 Å². The van der Waals surface area contributed by atoms with Crippen LogP contribution in [0.5, 0.6) is 23.0 Å². The minimum absolute atomic E-state index is 0.119. The Bertz CT molecular complexity index is 985. The van der Waals surface area contributed by atoms with Gasteiger partial charge in [0.1, 0.15) is 5.76 Å². The van der Waals surface area contributed by atoms with E-state index in [-0.39, 0.29) is 17.1 Å². The molecular formula is C24H26O6. The smallest absolute Gasteiger partial charge is 0.185 e. The Balaban J connectivity index is 2.15. The van der Waals surface area contributed by atoms with Gasteiger partial charge in [0.15, 0.2) is 28.8 Å². The molecule has 0 heterocycles. The first kappa shape index (κ1) is 22.6. The van der Waals surface area contributed by atoms with Gasteiger partial charge in [-0.3, -0.25) is 4.79 Å². The minimum atomic E-state index is -0.306. The van der Waals surface area contributed by atoms with Crippen LogP contribution in [0.25, 0.3) is 12.2 Å². The van der Waals surface area contributed by atoms with E-state index in [4.69, 9.17) is 18.9 Å². The van der Waals surface area contributed by atoms with Gasteiger partial charge in [0, 0.05) is 5.57 Å². The molecule has 2 aromatic rings. The summed E-state index contributed by atoms with van der Waals surface area (Å²) in [6.45, 7) is 1.57. The molecule has 2 rings (SSSR count). The van der Waals surface area contributed by atoms with Crippen LogP contribution < -0.4 is 18.9 Å². The molecule has 0 aliphatic rings. The molecule has 0 fully saturated rings. The molecule has 0 radical (unpaired) electrons. The number of hydrogen-bond acceptors (Lipinski definition) is 6. The summed E-state index contributed by atoms with van der Waals surface area (Å²) in [5, 5.41) is 10.3. The summed E-state index contributed by atoms with van der Waals surface area (Å²) in [6.07, 6.45) is 6.21. The SMILES string of the molecule is COc1ccc(/C=C/C(=O)C(C)=C(O)/C=C/c2ccc(OC)c(OC)c2)cc1OC. The molecule has 0 saturated heterocycles. The van der Waals surface area contributed by atoms with Gasteiger partial charge in [-0.2, -0.15) is 0 Å². The van der Waals surface area contributed by atoms with Crippen molar-refractivity contribution in [2.75, 3.05) is 28.4 Å². The largest absolute Gasteiger partial charge is 0.508 e. The number of aliphatic hydroxyl groups excluding tert-OH is 1. The zero-order chi connectivity index (χ0) is 22.1. The van der Waals surface area contributed by atoms with Gasteiger partial charge in [-0.25, -0.2) is 0 Å². The van der Waals surface area contributed by atoms with E-state index < -0.39 is 0 Å². The highest BCUT2D eigenvalue weighted by Gasteiger charge is 2.07. The molecule has 2 aromatic carbocycles. The summed E-state index contributed by atoms with van der Waals surface area (Å²) in [5.41, 5.74) is 1.79. The van der Waals surface area contributed by atoms with Crippen LogP contribution >= 0.6 is 0 Å². The molecule has 0 unspecified atom stereocenters.